The average Bonchev–Trinajstić information content (AvgIpc) is 3.10. The predicted molar refractivity (Wildman–Crippen MR) is 186 cm³/mol. The number of hydrogen-bond acceptors (Lipinski definition) is 7. The first kappa shape index (κ1) is 32.9. The smallest absolute Gasteiger partial charge is 0.337 e. The maximum Gasteiger partial charge on any atom is 0.337 e. The molecule has 5 rings (SSSR count). The van der Waals surface area contributed by atoms with E-state index in [2.05, 4.69) is 11.9 Å². The molecule has 1 amide bonds. The highest BCUT2D eigenvalue weighted by Crippen LogP contribution is 2.45. The second-order valence-electron chi connectivity index (χ2n) is 11.1. The number of ketones is 1. The Labute approximate surface area is 274 Å². The third kappa shape index (κ3) is 7.85. The van der Waals surface area contributed by atoms with Crippen LogP contribution < -0.4 is 20.5 Å². The Morgan fingerprint density at radius 3 is 2.09 bits per heavy atom. The quantitative estimate of drug-likeness (QED) is 0.0918. The van der Waals surface area contributed by atoms with Gasteiger partial charge in [0.2, 0.25) is 5.91 Å². The van der Waals surface area contributed by atoms with Crippen molar-refractivity contribution >= 4 is 44.9 Å². The zero-order valence-corrected chi connectivity index (χ0v) is 26.4. The largest absolute Gasteiger partial charge is 0.489 e. The van der Waals surface area contributed by atoms with E-state index in [4.69, 9.17) is 19.9 Å². The number of carbonyl (C=O) groups is 3. The van der Waals surface area contributed by atoms with Crippen molar-refractivity contribution in [3.63, 3.8) is 0 Å². The molecular weight excluding hydrogens is 592 g/mol. The van der Waals surface area contributed by atoms with Gasteiger partial charge in [-0.2, -0.15) is 0 Å². The van der Waals surface area contributed by atoms with Crippen LogP contribution in [0.4, 0.5) is 5.69 Å². The number of nitrogens with one attached hydrogen (secondary N) is 1. The summed E-state index contributed by atoms with van der Waals surface area (Å²) in [5.74, 6) is -0.510. The number of ether oxygens (including phenoxy) is 3. The molecule has 8 heteroatoms. The number of benzene rings is 5. The van der Waals surface area contributed by atoms with Gasteiger partial charge in [-0.15, -0.1) is 0 Å². The van der Waals surface area contributed by atoms with Gasteiger partial charge in [-0.3, -0.25) is 9.59 Å². The summed E-state index contributed by atoms with van der Waals surface area (Å²) in [4.78, 5) is 38.7. The summed E-state index contributed by atoms with van der Waals surface area (Å²) < 4.78 is 17.2. The number of fused-ring (bicyclic) bond motifs is 2. The van der Waals surface area contributed by atoms with Gasteiger partial charge >= 0.3 is 5.97 Å². The van der Waals surface area contributed by atoms with Gasteiger partial charge in [0.1, 0.15) is 24.7 Å². The molecule has 3 N–H and O–H groups in total. The topological polar surface area (TPSA) is 117 Å². The molecule has 0 saturated carbocycles. The number of nitrogens with two attached hydrogens (primary N) is 1. The van der Waals surface area contributed by atoms with Gasteiger partial charge in [-0.1, -0.05) is 79.4 Å². The van der Waals surface area contributed by atoms with Crippen LogP contribution in [-0.4, -0.2) is 44.5 Å². The van der Waals surface area contributed by atoms with Crippen LogP contribution >= 0.6 is 0 Å². The minimum absolute atomic E-state index is 0.0343. The molecule has 1 atom stereocenters. The molecule has 0 unspecified atom stereocenters. The fraction of sp³-hybridized carbons (Fsp3) is 0.205. The average molecular weight is 631 g/mol. The third-order valence-electron chi connectivity index (χ3n) is 7.93. The molecule has 8 nitrogen and oxygen atoms in total. The van der Waals surface area contributed by atoms with Crippen LogP contribution in [0.5, 0.6) is 11.5 Å². The van der Waals surface area contributed by atoms with Gasteiger partial charge in [0.15, 0.2) is 5.78 Å². The van der Waals surface area contributed by atoms with Crippen molar-refractivity contribution in [3.8, 4) is 22.6 Å². The second kappa shape index (κ2) is 15.7. The maximum atomic E-state index is 13.4. The van der Waals surface area contributed by atoms with E-state index in [0.717, 1.165) is 32.7 Å². The Bertz CT molecular complexity index is 1920. The number of carbonyl (C=O) groups excluding carboxylic acids is 3. The molecule has 0 radical (unpaired) electrons. The molecule has 0 aliphatic carbocycles. The number of anilines is 1. The van der Waals surface area contributed by atoms with Crippen molar-refractivity contribution in [2.45, 2.75) is 19.3 Å². The SMILES string of the molecule is C=CCOc1ccc2ccccc2c1-c1c(OCC(=O)C[C@H](CCCN)C(=O)Nc2cccc(C(=O)OC)c2)ccc2ccccc12. The fourth-order valence-electron chi connectivity index (χ4n) is 5.68. The van der Waals surface area contributed by atoms with Crippen molar-refractivity contribution in [1.82, 2.24) is 0 Å². The van der Waals surface area contributed by atoms with Crippen LogP contribution in [0.2, 0.25) is 0 Å². The van der Waals surface area contributed by atoms with Crippen LogP contribution in [0.3, 0.4) is 0 Å². The number of rotatable bonds is 15. The van der Waals surface area contributed by atoms with Gasteiger partial charge in [0.25, 0.3) is 0 Å². The van der Waals surface area contributed by atoms with Crippen molar-refractivity contribution < 1.29 is 28.6 Å². The Morgan fingerprint density at radius 1 is 0.830 bits per heavy atom. The summed E-state index contributed by atoms with van der Waals surface area (Å²) in [5.41, 5.74) is 8.17. The van der Waals surface area contributed by atoms with Crippen LogP contribution in [0.15, 0.2) is 110 Å². The Hall–Kier alpha value is -5.47. The highest BCUT2D eigenvalue weighted by molar-refractivity contribution is 6.10. The van der Waals surface area contributed by atoms with Crippen molar-refractivity contribution in [2.75, 3.05) is 32.2 Å². The molecule has 0 aliphatic rings. The number of amides is 1. The summed E-state index contributed by atoms with van der Waals surface area (Å²) in [6.45, 7) is 4.28. The first-order chi connectivity index (χ1) is 22.9. The fourth-order valence-corrected chi connectivity index (χ4v) is 5.68. The zero-order valence-electron chi connectivity index (χ0n) is 26.4. The molecule has 0 spiro atoms. The van der Waals surface area contributed by atoms with Gasteiger partial charge in [-0.25, -0.2) is 4.79 Å². The summed E-state index contributed by atoms with van der Waals surface area (Å²) in [6, 6.07) is 30.3. The lowest BCUT2D eigenvalue weighted by Crippen LogP contribution is -2.27. The molecule has 240 valence electrons. The van der Waals surface area contributed by atoms with E-state index in [0.29, 0.717) is 48.7 Å². The van der Waals surface area contributed by atoms with E-state index in [-0.39, 0.29) is 24.7 Å². The minimum Gasteiger partial charge on any atom is -0.489 e. The van der Waals surface area contributed by atoms with Crippen molar-refractivity contribution in [1.29, 1.82) is 0 Å². The molecule has 0 bridgehead atoms. The Morgan fingerprint density at radius 2 is 1.47 bits per heavy atom. The van der Waals surface area contributed by atoms with Gasteiger partial charge in [-0.05, 0) is 71.3 Å². The zero-order chi connectivity index (χ0) is 33.2. The standard InChI is InChI=1S/C39H38N2O6/c1-3-22-46-34-19-17-26-10-4-6-15-32(26)36(34)37-33-16-7-5-11-27(33)18-20-35(37)47-25-31(42)24-28(13-9-21-40)38(43)41-30-14-8-12-29(23-30)39(44)45-2/h3-8,10-12,14-20,23,28H,1,9,13,21-22,24-25,40H2,2H3,(H,41,43)/t28-/m0/s1. The molecule has 0 saturated heterocycles. The molecule has 0 heterocycles. The molecule has 0 aromatic heterocycles. The lowest BCUT2D eigenvalue weighted by Gasteiger charge is -2.20. The molecule has 47 heavy (non-hydrogen) atoms. The van der Waals surface area contributed by atoms with Gasteiger partial charge in [0.05, 0.1) is 12.7 Å². The van der Waals surface area contributed by atoms with Crippen molar-refractivity contribution in [3.05, 3.63) is 115 Å². The minimum atomic E-state index is -0.635. The lowest BCUT2D eigenvalue weighted by atomic mass is 9.92. The normalized spacial score (nSPS) is 11.5. The predicted octanol–water partition coefficient (Wildman–Crippen LogP) is 7.34. The van der Waals surface area contributed by atoms with Gasteiger partial charge < -0.3 is 25.3 Å². The summed E-state index contributed by atoms with van der Waals surface area (Å²) >= 11 is 0. The van der Waals surface area contributed by atoms with E-state index in [1.54, 1.807) is 24.3 Å². The van der Waals surface area contributed by atoms with Crippen LogP contribution in [0.25, 0.3) is 32.7 Å². The van der Waals surface area contributed by atoms with Crippen LogP contribution in [0, 0.1) is 5.92 Å². The molecule has 0 aliphatic heterocycles. The van der Waals surface area contributed by atoms with Gasteiger partial charge in [0, 0.05) is 29.2 Å². The summed E-state index contributed by atoms with van der Waals surface area (Å²) in [6.07, 6.45) is 2.66. The molecular formula is C39H38N2O6. The molecule has 0 fully saturated rings. The van der Waals surface area contributed by atoms with Crippen LogP contribution in [0.1, 0.15) is 29.6 Å². The van der Waals surface area contributed by atoms with Crippen LogP contribution in [-0.2, 0) is 14.3 Å². The summed E-state index contributed by atoms with van der Waals surface area (Å²) in [7, 11) is 1.29. The van der Waals surface area contributed by atoms with Crippen molar-refractivity contribution in [2.24, 2.45) is 11.7 Å². The van der Waals surface area contributed by atoms with E-state index in [1.807, 2.05) is 72.8 Å². The number of hydrogen-bond donors (Lipinski definition) is 2. The monoisotopic (exact) mass is 630 g/mol. The van der Waals surface area contributed by atoms with E-state index < -0.39 is 11.9 Å². The number of Topliss-reactive ketones (excluding diaryl/α,β-unsaturated/α-hetero) is 1. The summed E-state index contributed by atoms with van der Waals surface area (Å²) in [5, 5.41) is 6.82. The highest BCUT2D eigenvalue weighted by Gasteiger charge is 2.24. The lowest BCUT2D eigenvalue weighted by molar-refractivity contribution is -0.127. The van der Waals surface area contributed by atoms with E-state index in [1.165, 1.54) is 13.2 Å². The Kier molecular flexibility index (Phi) is 11.0. The highest BCUT2D eigenvalue weighted by atomic mass is 16.5. The second-order valence-corrected chi connectivity index (χ2v) is 11.1. The number of esters is 1. The number of methoxy groups -OCH3 is 1. The maximum absolute atomic E-state index is 13.4. The third-order valence-corrected chi connectivity index (χ3v) is 7.93. The first-order valence-corrected chi connectivity index (χ1v) is 15.5. The first-order valence-electron chi connectivity index (χ1n) is 15.5. The molecule has 5 aromatic carbocycles. The van der Waals surface area contributed by atoms with E-state index in [9.17, 15) is 14.4 Å². The Balaban J connectivity index is 1.42. The molecule has 5 aromatic rings. The van der Waals surface area contributed by atoms with E-state index >= 15 is 0 Å².